The van der Waals surface area contributed by atoms with E-state index in [0.717, 1.165) is 11.1 Å². The van der Waals surface area contributed by atoms with Crippen LogP contribution in [-0.4, -0.2) is 46.5 Å². The number of oxazole rings is 1. The maximum Gasteiger partial charge on any atom is 0.363 e. The number of hydrogen-bond acceptors (Lipinski definition) is 8. The number of primary sulfonamides is 1. The van der Waals surface area contributed by atoms with Gasteiger partial charge in [0.25, 0.3) is 15.1 Å². The van der Waals surface area contributed by atoms with Crippen LogP contribution in [0.5, 0.6) is 0 Å². The Hall–Kier alpha value is -3.05. The van der Waals surface area contributed by atoms with Gasteiger partial charge in [-0.25, -0.2) is 23.3 Å². The minimum atomic E-state index is -4.35. The molecule has 0 bridgehead atoms. The third-order valence-corrected chi connectivity index (χ3v) is 4.79. The van der Waals surface area contributed by atoms with E-state index in [1.54, 1.807) is 12.1 Å². The molecule has 0 atom stereocenters. The van der Waals surface area contributed by atoms with Gasteiger partial charge in [0.2, 0.25) is 11.6 Å². The molecule has 1 aromatic heterocycles. The number of carbonyl (C=O) groups excluding carboxylic acids is 1. The Kier molecular flexibility index (Phi) is 6.95. The normalized spacial score (nSPS) is 11.4. The lowest BCUT2D eigenvalue weighted by Gasteiger charge is -2.04. The number of methoxy groups -OCH3 is 1. The Morgan fingerprint density at radius 3 is 2.27 bits per heavy atom. The van der Waals surface area contributed by atoms with E-state index in [1.165, 1.54) is 7.11 Å². The number of esters is 1. The van der Waals surface area contributed by atoms with Gasteiger partial charge in [-0.05, 0) is 23.3 Å². The van der Waals surface area contributed by atoms with Gasteiger partial charge >= 0.3 is 5.97 Å². The van der Waals surface area contributed by atoms with Crippen LogP contribution in [0.2, 0.25) is 0 Å². The van der Waals surface area contributed by atoms with E-state index >= 15 is 0 Å². The van der Waals surface area contributed by atoms with E-state index in [1.807, 2.05) is 42.5 Å². The predicted molar refractivity (Wildman–Crippen MR) is 107 cm³/mol. The van der Waals surface area contributed by atoms with Crippen LogP contribution in [-0.2, 0) is 24.2 Å². The molecule has 0 amide bonds. The Bertz CT molecular complexity index is 1090. The molecule has 30 heavy (non-hydrogen) atoms. The minimum Gasteiger partial charge on any atom is -0.434 e. The second-order valence-electron chi connectivity index (χ2n) is 6.09. The van der Waals surface area contributed by atoms with Crippen molar-refractivity contribution in [3.05, 3.63) is 60.3 Å². The number of ether oxygens (including phenoxy) is 3. The summed E-state index contributed by atoms with van der Waals surface area (Å²) >= 11 is 0. The molecule has 0 aliphatic carbocycles. The first-order chi connectivity index (χ1) is 14.4. The molecule has 158 valence electrons. The zero-order valence-electron chi connectivity index (χ0n) is 16.1. The number of aromatic nitrogens is 1. The van der Waals surface area contributed by atoms with Gasteiger partial charge in [0.15, 0.2) is 6.79 Å². The van der Waals surface area contributed by atoms with Gasteiger partial charge < -0.3 is 18.6 Å². The van der Waals surface area contributed by atoms with Gasteiger partial charge in [-0.2, -0.15) is 0 Å². The topological polar surface area (TPSA) is 131 Å². The quantitative estimate of drug-likeness (QED) is 0.310. The van der Waals surface area contributed by atoms with Crippen molar-refractivity contribution in [1.29, 1.82) is 0 Å². The first-order valence-corrected chi connectivity index (χ1v) is 10.4. The van der Waals surface area contributed by atoms with Gasteiger partial charge in [0.05, 0.1) is 13.2 Å². The summed E-state index contributed by atoms with van der Waals surface area (Å²) in [5.41, 5.74) is 1.88. The zero-order valence-corrected chi connectivity index (χ0v) is 16.9. The number of benzene rings is 2. The highest BCUT2D eigenvalue weighted by molar-refractivity contribution is 7.89. The maximum atomic E-state index is 12.3. The third kappa shape index (κ3) is 5.30. The van der Waals surface area contributed by atoms with Crippen molar-refractivity contribution in [2.45, 2.75) is 5.09 Å². The van der Waals surface area contributed by atoms with Crippen molar-refractivity contribution in [3.63, 3.8) is 0 Å². The monoisotopic (exact) mass is 432 g/mol. The van der Waals surface area contributed by atoms with Gasteiger partial charge in [0.1, 0.15) is 0 Å². The highest BCUT2D eigenvalue weighted by Gasteiger charge is 2.29. The van der Waals surface area contributed by atoms with Crippen LogP contribution in [0.25, 0.3) is 22.6 Å². The number of rotatable bonds is 9. The molecule has 0 spiro atoms. The van der Waals surface area contributed by atoms with Gasteiger partial charge in [-0.1, -0.05) is 42.5 Å². The van der Waals surface area contributed by atoms with Crippen LogP contribution >= 0.6 is 0 Å². The molecule has 0 unspecified atom stereocenters. The number of sulfonamides is 1. The van der Waals surface area contributed by atoms with E-state index in [9.17, 15) is 13.2 Å². The molecule has 0 fully saturated rings. The molecule has 0 aliphatic heterocycles. The average Bonchev–Trinajstić information content (AvgIpc) is 3.20. The molecular weight excluding hydrogens is 412 g/mol. The summed E-state index contributed by atoms with van der Waals surface area (Å²) in [7, 11) is -2.85. The summed E-state index contributed by atoms with van der Waals surface area (Å²) in [6.45, 7) is 0.108. The lowest BCUT2D eigenvalue weighted by molar-refractivity contribution is -0.0442. The summed E-state index contributed by atoms with van der Waals surface area (Å²) in [4.78, 5) is 16.2. The van der Waals surface area contributed by atoms with Gasteiger partial charge in [0, 0.05) is 12.7 Å². The summed E-state index contributed by atoms with van der Waals surface area (Å²) in [6.07, 6.45) is 0. The van der Waals surface area contributed by atoms with Crippen LogP contribution < -0.4 is 5.14 Å². The lowest BCUT2D eigenvalue weighted by atomic mass is 10.0. The van der Waals surface area contributed by atoms with E-state index < -0.39 is 33.6 Å². The molecule has 9 nitrogen and oxygen atoms in total. The second kappa shape index (κ2) is 9.63. The summed E-state index contributed by atoms with van der Waals surface area (Å²) in [5.74, 6) is -1.11. The smallest absolute Gasteiger partial charge is 0.363 e. The van der Waals surface area contributed by atoms with Crippen LogP contribution in [0, 0.1) is 0 Å². The number of hydrogen-bond donors (Lipinski definition) is 1. The molecule has 2 N–H and O–H groups in total. The molecule has 10 heteroatoms. The van der Waals surface area contributed by atoms with Crippen molar-refractivity contribution < 1.29 is 31.8 Å². The van der Waals surface area contributed by atoms with Crippen LogP contribution in [0.3, 0.4) is 0 Å². The Labute approximate surface area is 173 Å². The second-order valence-corrected chi connectivity index (χ2v) is 7.55. The summed E-state index contributed by atoms with van der Waals surface area (Å²) < 4.78 is 43.7. The standard InChI is InChI=1S/C20H20N2O7S/c1-26-11-12-27-13-28-19(23)17-20(30(21,24)25)29-18(22-17)16-9-7-15(8-10-16)14-5-3-2-4-6-14/h2-10H,11-13H2,1H3,(H2,21,24,25). The summed E-state index contributed by atoms with van der Waals surface area (Å²) in [5, 5.41) is 4.39. The van der Waals surface area contributed by atoms with E-state index in [0.29, 0.717) is 12.2 Å². The highest BCUT2D eigenvalue weighted by atomic mass is 32.2. The van der Waals surface area contributed by atoms with Crippen molar-refractivity contribution in [1.82, 2.24) is 4.98 Å². The SMILES string of the molecule is COCCOCOC(=O)c1nc(-c2ccc(-c3ccccc3)cc2)oc1S(N)(=O)=O. The minimum absolute atomic E-state index is 0.0779. The molecule has 3 aromatic rings. The first-order valence-electron chi connectivity index (χ1n) is 8.83. The molecule has 3 rings (SSSR count). The largest absolute Gasteiger partial charge is 0.434 e. The number of nitrogens with two attached hydrogens (primary N) is 1. The molecular formula is C20H20N2O7S. The van der Waals surface area contributed by atoms with Crippen LogP contribution in [0.4, 0.5) is 0 Å². The Balaban J connectivity index is 1.83. The maximum absolute atomic E-state index is 12.3. The summed E-state index contributed by atoms with van der Waals surface area (Å²) in [6, 6.07) is 16.7. The highest BCUT2D eigenvalue weighted by Crippen LogP contribution is 2.27. The molecule has 2 aromatic carbocycles. The van der Waals surface area contributed by atoms with E-state index in [4.69, 9.17) is 23.8 Å². The van der Waals surface area contributed by atoms with Crippen LogP contribution in [0.15, 0.2) is 64.1 Å². The first kappa shape index (κ1) is 21.7. The lowest BCUT2D eigenvalue weighted by Crippen LogP contribution is -2.18. The van der Waals surface area contributed by atoms with E-state index in [2.05, 4.69) is 4.98 Å². The molecule has 0 aliphatic rings. The molecule has 0 saturated carbocycles. The zero-order chi connectivity index (χ0) is 21.6. The van der Waals surface area contributed by atoms with Crippen molar-refractivity contribution in [2.75, 3.05) is 27.1 Å². The van der Waals surface area contributed by atoms with Crippen molar-refractivity contribution in [3.8, 4) is 22.6 Å². The van der Waals surface area contributed by atoms with Gasteiger partial charge in [-0.15, -0.1) is 0 Å². The van der Waals surface area contributed by atoms with Crippen LogP contribution in [0.1, 0.15) is 10.5 Å². The number of nitrogens with zero attached hydrogens (tertiary/aromatic N) is 1. The van der Waals surface area contributed by atoms with Gasteiger partial charge in [-0.3, -0.25) is 0 Å². The average molecular weight is 432 g/mol. The van der Waals surface area contributed by atoms with Crippen molar-refractivity contribution >= 4 is 16.0 Å². The fourth-order valence-electron chi connectivity index (χ4n) is 2.55. The third-order valence-electron chi connectivity index (χ3n) is 3.99. The molecule has 1 heterocycles. The van der Waals surface area contributed by atoms with Crippen molar-refractivity contribution in [2.24, 2.45) is 5.14 Å². The Morgan fingerprint density at radius 1 is 1.00 bits per heavy atom. The molecule has 0 saturated heterocycles. The fourth-order valence-corrected chi connectivity index (χ4v) is 3.15. The molecule has 0 radical (unpaired) electrons. The predicted octanol–water partition coefficient (Wildman–Crippen LogP) is 2.43. The fraction of sp³-hybridized carbons (Fsp3) is 0.200. The van der Waals surface area contributed by atoms with E-state index in [-0.39, 0.29) is 12.5 Å². The Morgan fingerprint density at radius 2 is 1.63 bits per heavy atom. The number of carbonyl (C=O) groups is 1.